The average Bonchev–Trinajstić information content (AvgIpc) is 3.26. The van der Waals surface area contributed by atoms with Crippen molar-refractivity contribution in [1.82, 2.24) is 0 Å². The van der Waals surface area contributed by atoms with Gasteiger partial charge in [0.15, 0.2) is 5.75 Å². The fraction of sp³-hybridized carbons (Fsp3) is 0.571. The third-order valence-corrected chi connectivity index (χ3v) is 3.22. The van der Waals surface area contributed by atoms with E-state index in [2.05, 4.69) is 5.32 Å². The van der Waals surface area contributed by atoms with E-state index in [0.29, 0.717) is 0 Å². The summed E-state index contributed by atoms with van der Waals surface area (Å²) in [6.07, 6.45) is 3.52. The van der Waals surface area contributed by atoms with Gasteiger partial charge in [0.1, 0.15) is 0 Å². The van der Waals surface area contributed by atoms with Crippen molar-refractivity contribution in [2.75, 3.05) is 32.2 Å². The number of ether oxygens (including phenoxy) is 2. The van der Waals surface area contributed by atoms with Crippen molar-refractivity contribution < 1.29 is 14.4 Å². The molecule has 20 heavy (non-hydrogen) atoms. The molecule has 0 aliphatic heterocycles. The van der Waals surface area contributed by atoms with Gasteiger partial charge in [-0.15, -0.1) is 0 Å². The Hall–Kier alpha value is -1.82. The summed E-state index contributed by atoms with van der Waals surface area (Å²) in [5, 5.41) is 14.0. The summed E-state index contributed by atoms with van der Waals surface area (Å²) in [5.74, 6) is 1.06. The van der Waals surface area contributed by atoms with E-state index in [4.69, 9.17) is 9.47 Å². The highest BCUT2D eigenvalue weighted by Crippen LogP contribution is 2.30. The molecule has 1 saturated carbocycles. The minimum Gasteiger partial charge on any atom is -0.490 e. The number of anilines is 1. The highest BCUT2D eigenvalue weighted by atomic mass is 16.6. The van der Waals surface area contributed by atoms with E-state index in [9.17, 15) is 10.1 Å². The van der Waals surface area contributed by atoms with Crippen LogP contribution >= 0.6 is 0 Å². The normalized spacial score (nSPS) is 14.1. The summed E-state index contributed by atoms with van der Waals surface area (Å²) >= 11 is 0. The maximum absolute atomic E-state index is 10.8. The molecule has 0 bridgehead atoms. The van der Waals surface area contributed by atoms with E-state index >= 15 is 0 Å². The summed E-state index contributed by atoms with van der Waals surface area (Å²) in [6, 6.07) is 4.78. The van der Waals surface area contributed by atoms with Crippen LogP contribution in [0.1, 0.15) is 19.3 Å². The zero-order valence-corrected chi connectivity index (χ0v) is 11.6. The van der Waals surface area contributed by atoms with Gasteiger partial charge in [0, 0.05) is 37.6 Å². The second-order valence-corrected chi connectivity index (χ2v) is 4.94. The molecular formula is C14H20N2O4. The van der Waals surface area contributed by atoms with Gasteiger partial charge in [-0.1, -0.05) is 0 Å². The van der Waals surface area contributed by atoms with Gasteiger partial charge in [0.25, 0.3) is 0 Å². The van der Waals surface area contributed by atoms with Crippen molar-refractivity contribution in [2.45, 2.75) is 19.3 Å². The third kappa shape index (κ3) is 4.38. The number of nitro benzene ring substituents is 1. The zero-order valence-electron chi connectivity index (χ0n) is 11.6. The Labute approximate surface area is 118 Å². The lowest BCUT2D eigenvalue weighted by atomic mass is 10.2. The van der Waals surface area contributed by atoms with Crippen LogP contribution in [0.25, 0.3) is 0 Å². The number of rotatable bonds is 9. The summed E-state index contributed by atoms with van der Waals surface area (Å²) in [5.41, 5.74) is 0.792. The summed E-state index contributed by atoms with van der Waals surface area (Å²) < 4.78 is 10.6. The van der Waals surface area contributed by atoms with E-state index in [1.807, 2.05) is 0 Å². The molecule has 110 valence electrons. The van der Waals surface area contributed by atoms with Crippen molar-refractivity contribution in [1.29, 1.82) is 0 Å². The Morgan fingerprint density at radius 1 is 1.45 bits per heavy atom. The van der Waals surface area contributed by atoms with Gasteiger partial charge in [-0.25, -0.2) is 0 Å². The number of methoxy groups -OCH3 is 1. The van der Waals surface area contributed by atoms with Gasteiger partial charge in [0.2, 0.25) is 0 Å². The van der Waals surface area contributed by atoms with Crippen LogP contribution in [-0.4, -0.2) is 31.8 Å². The molecule has 2 rings (SSSR count). The van der Waals surface area contributed by atoms with Gasteiger partial charge < -0.3 is 14.8 Å². The van der Waals surface area contributed by atoms with Gasteiger partial charge in [-0.05, 0) is 31.2 Å². The first kappa shape index (κ1) is 14.6. The number of hydrogen-bond acceptors (Lipinski definition) is 5. The first-order chi connectivity index (χ1) is 9.70. The highest BCUT2D eigenvalue weighted by Gasteiger charge is 2.20. The lowest BCUT2D eigenvalue weighted by molar-refractivity contribution is -0.385. The van der Waals surface area contributed by atoms with Crippen LogP contribution in [0.4, 0.5) is 11.4 Å². The molecule has 0 unspecified atom stereocenters. The molecule has 6 nitrogen and oxygen atoms in total. The monoisotopic (exact) mass is 280 g/mol. The van der Waals surface area contributed by atoms with Crippen molar-refractivity contribution in [2.24, 2.45) is 5.92 Å². The van der Waals surface area contributed by atoms with Crippen LogP contribution in [0.2, 0.25) is 0 Å². The topological polar surface area (TPSA) is 73.6 Å². The summed E-state index contributed by atoms with van der Waals surface area (Å²) in [6.45, 7) is 2.39. The smallest absolute Gasteiger partial charge is 0.311 e. The van der Waals surface area contributed by atoms with Crippen LogP contribution in [-0.2, 0) is 4.74 Å². The molecule has 0 atom stereocenters. The Balaban J connectivity index is 1.72. The molecule has 0 radical (unpaired) electrons. The van der Waals surface area contributed by atoms with E-state index in [-0.39, 0.29) is 11.4 Å². The van der Waals surface area contributed by atoms with Gasteiger partial charge in [-0.3, -0.25) is 10.1 Å². The van der Waals surface area contributed by atoms with Crippen LogP contribution in [0.5, 0.6) is 5.75 Å². The number of nitro groups is 1. The van der Waals surface area contributed by atoms with Crippen LogP contribution in [0.15, 0.2) is 18.2 Å². The zero-order chi connectivity index (χ0) is 14.4. The van der Waals surface area contributed by atoms with Crippen LogP contribution < -0.4 is 10.1 Å². The number of hydrogen-bond donors (Lipinski definition) is 1. The molecule has 1 fully saturated rings. The fourth-order valence-corrected chi connectivity index (χ4v) is 1.88. The maximum Gasteiger partial charge on any atom is 0.311 e. The summed E-state index contributed by atoms with van der Waals surface area (Å²) in [7, 11) is 1.43. The standard InChI is InChI=1S/C14H20N2O4/c1-19-14-9-12(5-6-13(14)16(17)18)15-7-2-8-20-10-11-3-4-11/h5-6,9,11,15H,2-4,7-8,10H2,1H3. The van der Waals surface area contributed by atoms with E-state index < -0.39 is 4.92 Å². The Morgan fingerprint density at radius 2 is 2.25 bits per heavy atom. The van der Waals surface area contributed by atoms with Gasteiger partial charge in [0.05, 0.1) is 12.0 Å². The van der Waals surface area contributed by atoms with E-state index in [1.54, 1.807) is 12.1 Å². The van der Waals surface area contributed by atoms with Crippen LogP contribution in [0.3, 0.4) is 0 Å². The molecule has 6 heteroatoms. The lowest BCUT2D eigenvalue weighted by Gasteiger charge is -2.08. The SMILES string of the molecule is COc1cc(NCCCOCC2CC2)ccc1[N+](=O)[O-]. The second kappa shape index (κ2) is 7.09. The average molecular weight is 280 g/mol. The molecule has 1 aliphatic carbocycles. The molecule has 1 aromatic rings. The third-order valence-electron chi connectivity index (χ3n) is 3.22. The Bertz CT molecular complexity index is 460. The lowest BCUT2D eigenvalue weighted by Crippen LogP contribution is -2.07. The van der Waals surface area contributed by atoms with Gasteiger partial charge in [-0.2, -0.15) is 0 Å². The Kier molecular flexibility index (Phi) is 5.17. The first-order valence-corrected chi connectivity index (χ1v) is 6.84. The van der Waals surface area contributed by atoms with Gasteiger partial charge >= 0.3 is 5.69 Å². The molecule has 0 amide bonds. The predicted molar refractivity (Wildman–Crippen MR) is 76.3 cm³/mol. The number of nitrogens with zero attached hydrogens (tertiary/aromatic N) is 1. The fourth-order valence-electron chi connectivity index (χ4n) is 1.88. The molecule has 1 aliphatic rings. The Morgan fingerprint density at radius 3 is 2.90 bits per heavy atom. The largest absolute Gasteiger partial charge is 0.490 e. The van der Waals surface area contributed by atoms with Crippen LogP contribution in [0, 0.1) is 16.0 Å². The molecule has 0 spiro atoms. The molecule has 0 heterocycles. The van der Waals surface area contributed by atoms with Crippen molar-refractivity contribution in [3.63, 3.8) is 0 Å². The van der Waals surface area contributed by atoms with E-state index in [1.165, 1.54) is 26.0 Å². The summed E-state index contributed by atoms with van der Waals surface area (Å²) in [4.78, 5) is 10.3. The molecular weight excluding hydrogens is 260 g/mol. The minimum absolute atomic E-state index is 0.0224. The number of nitrogens with one attached hydrogen (secondary N) is 1. The number of benzene rings is 1. The van der Waals surface area contributed by atoms with Crippen molar-refractivity contribution in [3.8, 4) is 5.75 Å². The quantitative estimate of drug-likeness (QED) is 0.428. The highest BCUT2D eigenvalue weighted by molar-refractivity contribution is 5.57. The minimum atomic E-state index is -0.450. The van der Waals surface area contributed by atoms with Crippen molar-refractivity contribution in [3.05, 3.63) is 28.3 Å². The van der Waals surface area contributed by atoms with E-state index in [0.717, 1.165) is 37.8 Å². The molecule has 1 aromatic carbocycles. The first-order valence-electron chi connectivity index (χ1n) is 6.84. The maximum atomic E-state index is 10.8. The predicted octanol–water partition coefficient (Wildman–Crippen LogP) is 2.83. The molecule has 0 saturated heterocycles. The van der Waals surface area contributed by atoms with Crippen molar-refractivity contribution >= 4 is 11.4 Å². The second-order valence-electron chi connectivity index (χ2n) is 4.94. The molecule has 0 aromatic heterocycles. The molecule has 1 N–H and O–H groups in total.